The van der Waals surface area contributed by atoms with E-state index in [9.17, 15) is 4.79 Å². The molecule has 106 valence electrons. The molecule has 3 nitrogen and oxygen atoms in total. The van der Waals surface area contributed by atoms with E-state index >= 15 is 0 Å². The summed E-state index contributed by atoms with van der Waals surface area (Å²) < 4.78 is 0. The van der Waals surface area contributed by atoms with E-state index in [1.165, 1.54) is 10.9 Å². The van der Waals surface area contributed by atoms with Crippen molar-refractivity contribution >= 4 is 32.5 Å². The van der Waals surface area contributed by atoms with Gasteiger partial charge in [0.2, 0.25) is 0 Å². The second kappa shape index (κ2) is 5.24. The van der Waals surface area contributed by atoms with Gasteiger partial charge in [0.15, 0.2) is 5.11 Å². The van der Waals surface area contributed by atoms with Crippen molar-refractivity contribution in [2.24, 2.45) is 4.99 Å². The van der Waals surface area contributed by atoms with E-state index < -0.39 is 0 Å². The molecule has 1 amide bonds. The summed E-state index contributed by atoms with van der Waals surface area (Å²) in [6.07, 6.45) is 3.68. The van der Waals surface area contributed by atoms with Crippen LogP contribution in [0.1, 0.15) is 11.1 Å². The van der Waals surface area contributed by atoms with Crippen molar-refractivity contribution in [3.8, 4) is 0 Å². The topological polar surface area (TPSA) is 32.7 Å². The summed E-state index contributed by atoms with van der Waals surface area (Å²) in [6.45, 7) is 0. The molecule has 2 heterocycles. The predicted octanol–water partition coefficient (Wildman–Crippen LogP) is 2.89. The van der Waals surface area contributed by atoms with Crippen LogP contribution in [0.5, 0.6) is 0 Å². The molecule has 2 aromatic rings. The van der Waals surface area contributed by atoms with Crippen LogP contribution in [0.15, 0.2) is 77.9 Å². The summed E-state index contributed by atoms with van der Waals surface area (Å²) in [5.74, 6) is -0.0155. The average molecular weight is 304 g/mol. The standard InChI is InChI=1S/C18H12N2OS/c21-17-16(14-9-5-2-6-10-14)22-18-19-15(11-12-20(17)18)13-7-3-1-4-8-13/h1-12H. The molecule has 2 aromatic carbocycles. The van der Waals surface area contributed by atoms with Crippen molar-refractivity contribution in [2.75, 3.05) is 0 Å². The zero-order valence-corrected chi connectivity index (χ0v) is 12.5. The Morgan fingerprint density at radius 1 is 0.864 bits per heavy atom. The second-order valence-corrected chi connectivity index (χ2v) is 5.91. The minimum atomic E-state index is -0.0155. The lowest BCUT2D eigenvalue weighted by atomic mass is 10.1. The zero-order valence-electron chi connectivity index (χ0n) is 11.6. The molecule has 0 aromatic heterocycles. The van der Waals surface area contributed by atoms with Crippen LogP contribution in [0.2, 0.25) is 0 Å². The molecular formula is C18H12N2OS. The van der Waals surface area contributed by atoms with E-state index in [0.29, 0.717) is 5.11 Å². The lowest BCUT2D eigenvalue weighted by Gasteiger charge is -2.17. The Kier molecular flexibility index (Phi) is 3.09. The molecule has 0 atom stereocenters. The second-order valence-electron chi connectivity index (χ2n) is 4.93. The van der Waals surface area contributed by atoms with Crippen LogP contribution in [0.4, 0.5) is 0 Å². The molecule has 0 unspecified atom stereocenters. The van der Waals surface area contributed by atoms with E-state index in [-0.39, 0.29) is 5.91 Å². The van der Waals surface area contributed by atoms with E-state index in [1.807, 2.05) is 66.7 Å². The van der Waals surface area contributed by atoms with E-state index in [4.69, 9.17) is 0 Å². The predicted molar refractivity (Wildman–Crippen MR) is 92.1 cm³/mol. The smallest absolute Gasteiger partial charge is 0.267 e. The maximum Gasteiger partial charge on any atom is 0.274 e. The van der Waals surface area contributed by atoms with Gasteiger partial charge in [0.25, 0.3) is 5.91 Å². The molecule has 2 aliphatic rings. The number of amides is 1. The third-order valence-electron chi connectivity index (χ3n) is 3.52. The van der Waals surface area contributed by atoms with Gasteiger partial charge in [-0.15, -0.1) is 0 Å². The molecule has 0 fully saturated rings. The first-order valence-electron chi connectivity index (χ1n) is 6.96. The van der Waals surface area contributed by atoms with Gasteiger partial charge < -0.3 is 0 Å². The highest BCUT2D eigenvalue weighted by atomic mass is 32.1. The number of carbonyl (C=O) groups is 1. The first kappa shape index (κ1) is 13.0. The molecule has 4 heteroatoms. The van der Waals surface area contributed by atoms with Crippen LogP contribution in [0.3, 0.4) is 0 Å². The first-order chi connectivity index (χ1) is 10.8. The van der Waals surface area contributed by atoms with E-state index in [2.05, 4.69) is 4.99 Å². The molecule has 0 aliphatic carbocycles. The van der Waals surface area contributed by atoms with Crippen LogP contribution in [0.25, 0.3) is 0 Å². The molecule has 0 bridgehead atoms. The van der Waals surface area contributed by atoms with Crippen molar-refractivity contribution in [1.29, 1.82) is 0 Å². The molecule has 0 saturated carbocycles. The summed E-state index contributed by atoms with van der Waals surface area (Å²) in [5, 5.41) is 0.713. The Bertz CT molecular complexity index is 876. The molecule has 0 N–H and O–H groups in total. The summed E-state index contributed by atoms with van der Waals surface area (Å²) in [6, 6.07) is 19.7. The van der Waals surface area contributed by atoms with Gasteiger partial charge in [0.05, 0.1) is 5.71 Å². The van der Waals surface area contributed by atoms with Gasteiger partial charge >= 0.3 is 0 Å². The van der Waals surface area contributed by atoms with E-state index in [0.717, 1.165) is 21.7 Å². The lowest BCUT2D eigenvalue weighted by Crippen LogP contribution is -2.33. The number of hydrogen-bond donors (Lipinski definition) is 0. The van der Waals surface area contributed by atoms with Crippen LogP contribution in [0, 0.1) is 0 Å². The number of rotatable bonds is 2. The fraction of sp³-hybridized carbons (Fsp3) is 0. The number of allylic oxidation sites excluding steroid dienone is 1. The number of carbonyl (C=O) groups excluding carboxylic acids is 1. The van der Waals surface area contributed by atoms with Gasteiger partial charge in [-0.25, -0.2) is 4.99 Å². The maximum absolute atomic E-state index is 12.5. The van der Waals surface area contributed by atoms with Crippen LogP contribution in [-0.4, -0.2) is 26.5 Å². The normalized spacial score (nSPS) is 16.5. The Hall–Kier alpha value is -2.72. The summed E-state index contributed by atoms with van der Waals surface area (Å²) in [7, 11) is 1.43. The van der Waals surface area contributed by atoms with Gasteiger partial charge in [-0.3, -0.25) is 9.69 Å². The molecular weight excluding hydrogens is 292 g/mol. The lowest BCUT2D eigenvalue weighted by molar-refractivity contribution is -0.118. The van der Waals surface area contributed by atoms with E-state index in [1.54, 1.807) is 11.1 Å². The molecule has 0 spiro atoms. The van der Waals surface area contributed by atoms with Crippen molar-refractivity contribution in [3.05, 3.63) is 84.1 Å². The third kappa shape index (κ3) is 2.14. The molecule has 4 rings (SSSR count). The van der Waals surface area contributed by atoms with Crippen molar-refractivity contribution in [2.45, 2.75) is 0 Å². The molecule has 2 aliphatic heterocycles. The minimum Gasteiger partial charge on any atom is -0.267 e. The van der Waals surface area contributed by atoms with Gasteiger partial charge in [0.1, 0.15) is 4.86 Å². The number of aliphatic imine (C=N–C) groups is 1. The highest BCUT2D eigenvalue weighted by Crippen LogP contribution is 2.19. The molecule has 22 heavy (non-hydrogen) atoms. The third-order valence-corrected chi connectivity index (χ3v) is 4.60. The number of fused-ring (bicyclic) bond motifs is 1. The monoisotopic (exact) mass is 304 g/mol. The Labute approximate surface area is 131 Å². The van der Waals surface area contributed by atoms with Crippen molar-refractivity contribution < 1.29 is 4.79 Å². The summed E-state index contributed by atoms with van der Waals surface area (Å²) in [4.78, 5) is 19.5. The Morgan fingerprint density at radius 2 is 1.50 bits per heavy atom. The van der Waals surface area contributed by atoms with Crippen molar-refractivity contribution in [1.82, 2.24) is 4.90 Å². The largest absolute Gasteiger partial charge is 0.274 e. The fourth-order valence-corrected chi connectivity index (χ4v) is 3.42. The van der Waals surface area contributed by atoms with Crippen LogP contribution < -0.4 is 0 Å². The first-order valence-corrected chi connectivity index (χ1v) is 7.77. The van der Waals surface area contributed by atoms with Gasteiger partial charge in [-0.05, 0) is 11.6 Å². The Balaban J connectivity index is 1.79. The minimum absolute atomic E-state index is 0.0155. The van der Waals surface area contributed by atoms with Crippen molar-refractivity contribution in [3.63, 3.8) is 0 Å². The maximum atomic E-state index is 12.5. The Morgan fingerprint density at radius 3 is 2.18 bits per heavy atom. The SMILES string of the molecule is O=C1C(c2ccccc2)=S=C2N=C(c3ccccc3)C=CN12. The zero-order chi connectivity index (χ0) is 14.9. The van der Waals surface area contributed by atoms with Crippen LogP contribution >= 0.6 is 10.9 Å². The molecule has 0 saturated heterocycles. The van der Waals surface area contributed by atoms with Crippen LogP contribution in [-0.2, 0) is 4.79 Å². The van der Waals surface area contributed by atoms with Gasteiger partial charge in [-0.1, -0.05) is 71.6 Å². The molecule has 0 radical (unpaired) electrons. The summed E-state index contributed by atoms with van der Waals surface area (Å²) in [5.41, 5.74) is 2.86. The summed E-state index contributed by atoms with van der Waals surface area (Å²) >= 11 is 0. The highest BCUT2D eigenvalue weighted by Gasteiger charge is 2.29. The van der Waals surface area contributed by atoms with Gasteiger partial charge in [-0.2, -0.15) is 0 Å². The number of hydrogen-bond acceptors (Lipinski definition) is 2. The quantitative estimate of drug-likeness (QED) is 0.785. The highest BCUT2D eigenvalue weighted by molar-refractivity contribution is 8.00. The average Bonchev–Trinajstić information content (AvgIpc) is 2.93. The number of nitrogens with zero attached hydrogens (tertiary/aromatic N) is 2. The number of benzene rings is 2. The fourth-order valence-electron chi connectivity index (χ4n) is 2.42. The van der Waals surface area contributed by atoms with Gasteiger partial charge in [0, 0.05) is 11.8 Å².